The quantitative estimate of drug-likeness (QED) is 0.862. The van der Waals surface area contributed by atoms with Crippen LogP contribution in [-0.2, 0) is 17.6 Å². The summed E-state index contributed by atoms with van der Waals surface area (Å²) in [6.45, 7) is 0. The Kier molecular flexibility index (Phi) is 2.89. The standard InChI is InChI=1S/C17H14ClNO2/c18-17(15-8-10-3-1-2-4-14(10)21-15)11-5-6-13-12(7-11)9-16(20)19-13/h1-7,15,17H,8-9H2,(H,19,20). The van der Waals surface area contributed by atoms with Gasteiger partial charge >= 0.3 is 0 Å². The third kappa shape index (κ3) is 2.18. The highest BCUT2D eigenvalue weighted by atomic mass is 35.5. The van der Waals surface area contributed by atoms with Crippen LogP contribution in [0.5, 0.6) is 5.75 Å². The summed E-state index contributed by atoms with van der Waals surface area (Å²) in [6, 6.07) is 13.9. The molecule has 2 aliphatic heterocycles. The van der Waals surface area contributed by atoms with Crippen molar-refractivity contribution in [1.82, 2.24) is 0 Å². The van der Waals surface area contributed by atoms with E-state index in [1.807, 2.05) is 36.4 Å². The van der Waals surface area contributed by atoms with Crippen LogP contribution in [0.15, 0.2) is 42.5 Å². The molecule has 4 rings (SSSR count). The Morgan fingerprint density at radius 1 is 1.19 bits per heavy atom. The summed E-state index contributed by atoms with van der Waals surface area (Å²) in [5.41, 5.74) is 4.11. The van der Waals surface area contributed by atoms with Crippen molar-refractivity contribution >= 4 is 23.2 Å². The minimum atomic E-state index is -0.224. The summed E-state index contributed by atoms with van der Waals surface area (Å²) >= 11 is 6.61. The molecule has 0 fully saturated rings. The van der Waals surface area contributed by atoms with Crippen molar-refractivity contribution in [3.8, 4) is 5.75 Å². The predicted octanol–water partition coefficient (Wildman–Crippen LogP) is 3.46. The van der Waals surface area contributed by atoms with Gasteiger partial charge in [-0.25, -0.2) is 0 Å². The fourth-order valence-electron chi connectivity index (χ4n) is 3.01. The van der Waals surface area contributed by atoms with Gasteiger partial charge in [-0.1, -0.05) is 30.3 Å². The molecule has 0 bridgehead atoms. The first kappa shape index (κ1) is 12.7. The molecular weight excluding hydrogens is 286 g/mol. The lowest BCUT2D eigenvalue weighted by molar-refractivity contribution is -0.115. The SMILES string of the molecule is O=C1Cc2cc(C(Cl)C3Cc4ccccc4O3)ccc2N1. The zero-order valence-electron chi connectivity index (χ0n) is 11.3. The summed E-state index contributed by atoms with van der Waals surface area (Å²) in [5.74, 6) is 0.962. The molecule has 0 radical (unpaired) electrons. The number of nitrogens with one attached hydrogen (secondary N) is 1. The number of anilines is 1. The Morgan fingerprint density at radius 3 is 2.90 bits per heavy atom. The number of ether oxygens (including phenoxy) is 1. The van der Waals surface area contributed by atoms with Crippen LogP contribution in [0.4, 0.5) is 5.69 Å². The average molecular weight is 300 g/mol. The highest BCUT2D eigenvalue weighted by molar-refractivity contribution is 6.21. The van der Waals surface area contributed by atoms with E-state index in [1.165, 1.54) is 5.56 Å². The van der Waals surface area contributed by atoms with Crippen LogP contribution < -0.4 is 10.1 Å². The zero-order chi connectivity index (χ0) is 14.4. The average Bonchev–Trinajstić information content (AvgIpc) is 3.07. The fraction of sp³-hybridized carbons (Fsp3) is 0.235. The van der Waals surface area contributed by atoms with Gasteiger partial charge in [0.2, 0.25) is 5.91 Å². The van der Waals surface area contributed by atoms with Gasteiger partial charge in [-0.15, -0.1) is 11.6 Å². The molecule has 0 spiro atoms. The number of para-hydroxylation sites is 1. The van der Waals surface area contributed by atoms with Gasteiger partial charge < -0.3 is 10.1 Å². The summed E-state index contributed by atoms with van der Waals surface area (Å²) in [4.78, 5) is 11.4. The van der Waals surface area contributed by atoms with E-state index in [0.29, 0.717) is 6.42 Å². The van der Waals surface area contributed by atoms with E-state index in [4.69, 9.17) is 16.3 Å². The number of benzene rings is 2. The lowest BCUT2D eigenvalue weighted by Gasteiger charge is -2.18. The number of alkyl halides is 1. The predicted molar refractivity (Wildman–Crippen MR) is 81.9 cm³/mol. The van der Waals surface area contributed by atoms with Crippen molar-refractivity contribution in [2.75, 3.05) is 5.32 Å². The molecule has 3 nitrogen and oxygen atoms in total. The van der Waals surface area contributed by atoms with Gasteiger partial charge in [-0.2, -0.15) is 0 Å². The molecule has 0 saturated heterocycles. The largest absolute Gasteiger partial charge is 0.488 e. The minimum absolute atomic E-state index is 0.0396. The van der Waals surface area contributed by atoms with Gasteiger partial charge in [0.15, 0.2) is 0 Å². The first-order valence-electron chi connectivity index (χ1n) is 7.02. The number of halogens is 1. The van der Waals surface area contributed by atoms with Crippen molar-refractivity contribution in [3.63, 3.8) is 0 Å². The van der Waals surface area contributed by atoms with Gasteiger partial charge in [0.25, 0.3) is 0 Å². The molecule has 2 aromatic carbocycles. The van der Waals surface area contributed by atoms with E-state index in [1.54, 1.807) is 0 Å². The van der Waals surface area contributed by atoms with Crippen molar-refractivity contribution < 1.29 is 9.53 Å². The van der Waals surface area contributed by atoms with Gasteiger partial charge in [0.1, 0.15) is 11.9 Å². The summed E-state index contributed by atoms with van der Waals surface area (Å²) in [6.07, 6.45) is 1.18. The molecular formula is C17H14ClNO2. The van der Waals surface area contributed by atoms with Gasteiger partial charge in [0, 0.05) is 12.1 Å². The third-order valence-corrected chi connectivity index (χ3v) is 4.60. The van der Waals surface area contributed by atoms with E-state index >= 15 is 0 Å². The molecule has 2 heterocycles. The first-order chi connectivity index (χ1) is 10.2. The van der Waals surface area contributed by atoms with E-state index in [0.717, 1.165) is 29.0 Å². The van der Waals surface area contributed by atoms with Gasteiger partial charge in [-0.05, 0) is 28.8 Å². The number of carbonyl (C=O) groups is 1. The second-order valence-corrected chi connectivity index (χ2v) is 5.98. The molecule has 2 unspecified atom stereocenters. The van der Waals surface area contributed by atoms with Crippen LogP contribution in [-0.4, -0.2) is 12.0 Å². The van der Waals surface area contributed by atoms with E-state index in [9.17, 15) is 4.79 Å². The molecule has 2 atom stereocenters. The van der Waals surface area contributed by atoms with E-state index in [2.05, 4.69) is 11.4 Å². The lowest BCUT2D eigenvalue weighted by atomic mass is 10.00. The Morgan fingerprint density at radius 2 is 2.05 bits per heavy atom. The first-order valence-corrected chi connectivity index (χ1v) is 7.45. The maximum absolute atomic E-state index is 11.4. The maximum atomic E-state index is 11.4. The van der Waals surface area contributed by atoms with Crippen molar-refractivity contribution in [3.05, 3.63) is 59.2 Å². The van der Waals surface area contributed by atoms with Gasteiger partial charge in [-0.3, -0.25) is 4.79 Å². The lowest BCUT2D eigenvalue weighted by Crippen LogP contribution is -2.19. The Labute approximate surface area is 127 Å². The van der Waals surface area contributed by atoms with Crippen LogP contribution in [0.25, 0.3) is 0 Å². The molecule has 106 valence electrons. The number of hydrogen-bond acceptors (Lipinski definition) is 2. The number of carbonyl (C=O) groups excluding carboxylic acids is 1. The Balaban J connectivity index is 1.58. The van der Waals surface area contributed by atoms with Crippen LogP contribution in [0.3, 0.4) is 0 Å². The normalized spacial score (nSPS) is 20.4. The maximum Gasteiger partial charge on any atom is 0.228 e. The molecule has 4 heteroatoms. The summed E-state index contributed by atoms with van der Waals surface area (Å²) < 4.78 is 5.95. The summed E-state index contributed by atoms with van der Waals surface area (Å²) in [5, 5.41) is 2.61. The van der Waals surface area contributed by atoms with Gasteiger partial charge in [0.05, 0.1) is 11.8 Å². The second kappa shape index (κ2) is 4.78. The zero-order valence-corrected chi connectivity index (χ0v) is 12.1. The second-order valence-electron chi connectivity index (χ2n) is 5.51. The highest BCUT2D eigenvalue weighted by Crippen LogP contribution is 2.38. The van der Waals surface area contributed by atoms with E-state index < -0.39 is 0 Å². The third-order valence-electron chi connectivity index (χ3n) is 4.07. The Hall–Kier alpha value is -2.00. The topological polar surface area (TPSA) is 38.3 Å². The monoisotopic (exact) mass is 299 g/mol. The molecule has 1 amide bonds. The smallest absolute Gasteiger partial charge is 0.228 e. The van der Waals surface area contributed by atoms with Crippen molar-refractivity contribution in [2.24, 2.45) is 0 Å². The molecule has 0 aliphatic carbocycles. The van der Waals surface area contributed by atoms with E-state index in [-0.39, 0.29) is 17.4 Å². The number of rotatable bonds is 2. The van der Waals surface area contributed by atoms with Crippen LogP contribution in [0, 0.1) is 0 Å². The minimum Gasteiger partial charge on any atom is -0.488 e. The van der Waals surface area contributed by atoms with Crippen LogP contribution >= 0.6 is 11.6 Å². The van der Waals surface area contributed by atoms with Crippen LogP contribution in [0.2, 0.25) is 0 Å². The molecule has 2 aromatic rings. The molecule has 0 saturated carbocycles. The number of hydrogen-bond donors (Lipinski definition) is 1. The molecule has 1 N–H and O–H groups in total. The number of amides is 1. The summed E-state index contributed by atoms with van der Waals surface area (Å²) in [7, 11) is 0. The molecule has 2 aliphatic rings. The van der Waals surface area contributed by atoms with Crippen LogP contribution in [0.1, 0.15) is 22.1 Å². The van der Waals surface area contributed by atoms with Crippen molar-refractivity contribution in [1.29, 1.82) is 0 Å². The fourth-order valence-corrected chi connectivity index (χ4v) is 3.28. The van der Waals surface area contributed by atoms with Crippen molar-refractivity contribution in [2.45, 2.75) is 24.3 Å². The number of fused-ring (bicyclic) bond motifs is 2. The highest BCUT2D eigenvalue weighted by Gasteiger charge is 2.30. The molecule has 21 heavy (non-hydrogen) atoms. The molecule has 0 aromatic heterocycles. The Bertz CT molecular complexity index is 703.